The van der Waals surface area contributed by atoms with Crippen molar-refractivity contribution < 1.29 is 9.53 Å². The van der Waals surface area contributed by atoms with Crippen LogP contribution in [0.15, 0.2) is 17.5 Å². The third-order valence-electron chi connectivity index (χ3n) is 4.20. The first-order valence-corrected chi connectivity index (χ1v) is 8.59. The van der Waals surface area contributed by atoms with Crippen molar-refractivity contribution in [2.75, 3.05) is 39.4 Å². The highest BCUT2D eigenvalue weighted by atomic mass is 35.5. The Labute approximate surface area is 141 Å². The lowest BCUT2D eigenvalue weighted by Gasteiger charge is -2.34. The number of carbonyl (C=O) groups excluding carboxylic acids is 1. The Balaban J connectivity index is 0.00000176. The summed E-state index contributed by atoms with van der Waals surface area (Å²) in [6.45, 7) is 5.05. The lowest BCUT2D eigenvalue weighted by molar-refractivity contribution is -0.123. The molecule has 0 saturated carbocycles. The average molecular weight is 346 g/mol. The van der Waals surface area contributed by atoms with Crippen molar-refractivity contribution in [2.45, 2.75) is 24.9 Å². The van der Waals surface area contributed by atoms with Crippen molar-refractivity contribution in [3.05, 3.63) is 22.4 Å². The number of nitrogens with zero attached hydrogens (tertiary/aromatic N) is 1. The summed E-state index contributed by atoms with van der Waals surface area (Å²) in [6, 6.07) is 4.50. The van der Waals surface area contributed by atoms with Gasteiger partial charge in [0.25, 0.3) is 0 Å². The average Bonchev–Trinajstić information content (AvgIpc) is 3.22. The van der Waals surface area contributed by atoms with Crippen LogP contribution in [0.2, 0.25) is 0 Å². The van der Waals surface area contributed by atoms with Crippen molar-refractivity contribution in [1.82, 2.24) is 15.5 Å². The molecule has 22 heavy (non-hydrogen) atoms. The van der Waals surface area contributed by atoms with Crippen LogP contribution in [0.4, 0.5) is 0 Å². The van der Waals surface area contributed by atoms with Gasteiger partial charge in [0.1, 0.15) is 0 Å². The number of ether oxygens (including phenoxy) is 1. The molecule has 1 amide bonds. The zero-order valence-corrected chi connectivity index (χ0v) is 14.3. The highest BCUT2D eigenvalue weighted by molar-refractivity contribution is 7.10. The Hall–Kier alpha value is -0.660. The van der Waals surface area contributed by atoms with Crippen molar-refractivity contribution in [3.63, 3.8) is 0 Å². The molecule has 1 aromatic heterocycles. The van der Waals surface area contributed by atoms with Gasteiger partial charge in [-0.1, -0.05) is 6.07 Å². The number of carbonyl (C=O) groups is 1. The Morgan fingerprint density at radius 3 is 2.95 bits per heavy atom. The van der Waals surface area contributed by atoms with Gasteiger partial charge < -0.3 is 15.4 Å². The van der Waals surface area contributed by atoms with Crippen LogP contribution in [0.25, 0.3) is 0 Å². The minimum absolute atomic E-state index is 0. The van der Waals surface area contributed by atoms with E-state index in [2.05, 4.69) is 33.0 Å². The summed E-state index contributed by atoms with van der Waals surface area (Å²) in [5.41, 5.74) is 0. The topological polar surface area (TPSA) is 53.6 Å². The first kappa shape index (κ1) is 17.7. The van der Waals surface area contributed by atoms with E-state index < -0.39 is 0 Å². The van der Waals surface area contributed by atoms with Crippen LogP contribution in [-0.4, -0.2) is 56.2 Å². The summed E-state index contributed by atoms with van der Waals surface area (Å²) in [6.07, 6.45) is 2.04. The van der Waals surface area contributed by atoms with Gasteiger partial charge in [-0.15, -0.1) is 23.7 Å². The number of amides is 1. The van der Waals surface area contributed by atoms with E-state index in [-0.39, 0.29) is 30.4 Å². The Bertz CT molecular complexity index is 446. The van der Waals surface area contributed by atoms with E-state index in [1.165, 1.54) is 4.88 Å². The van der Waals surface area contributed by atoms with E-state index in [9.17, 15) is 4.79 Å². The first-order valence-electron chi connectivity index (χ1n) is 7.71. The smallest absolute Gasteiger partial charge is 0.237 e. The Morgan fingerprint density at radius 1 is 1.50 bits per heavy atom. The van der Waals surface area contributed by atoms with Gasteiger partial charge in [-0.05, 0) is 30.8 Å². The third-order valence-corrected chi connectivity index (χ3v) is 5.18. The second kappa shape index (κ2) is 8.84. The van der Waals surface area contributed by atoms with Crippen LogP contribution in [0.3, 0.4) is 0 Å². The largest absolute Gasteiger partial charge is 0.379 e. The fourth-order valence-corrected chi connectivity index (χ4v) is 3.87. The highest BCUT2D eigenvalue weighted by Gasteiger charge is 2.26. The molecule has 7 heteroatoms. The van der Waals surface area contributed by atoms with Gasteiger partial charge in [-0.2, -0.15) is 0 Å². The van der Waals surface area contributed by atoms with Crippen LogP contribution in [0.1, 0.15) is 23.8 Å². The van der Waals surface area contributed by atoms with E-state index in [1.54, 1.807) is 11.3 Å². The molecule has 2 aliphatic heterocycles. The molecule has 3 heterocycles. The van der Waals surface area contributed by atoms with Gasteiger partial charge in [-0.25, -0.2) is 0 Å². The SMILES string of the molecule is Cl.O=C(NCC(c1cccs1)N1CCOCC1)C1CCCN1. The molecule has 2 aliphatic rings. The van der Waals surface area contributed by atoms with Gasteiger partial charge in [0.2, 0.25) is 5.91 Å². The zero-order chi connectivity index (χ0) is 14.5. The van der Waals surface area contributed by atoms with Gasteiger partial charge in [-0.3, -0.25) is 9.69 Å². The minimum atomic E-state index is -0.00123. The second-order valence-corrected chi connectivity index (χ2v) is 6.55. The molecule has 2 atom stereocenters. The van der Waals surface area contributed by atoms with Crippen molar-refractivity contribution in [1.29, 1.82) is 0 Å². The summed E-state index contributed by atoms with van der Waals surface area (Å²) in [5.74, 6) is 0.141. The summed E-state index contributed by atoms with van der Waals surface area (Å²) >= 11 is 1.76. The van der Waals surface area contributed by atoms with Crippen LogP contribution in [0, 0.1) is 0 Å². The molecule has 2 unspecified atom stereocenters. The number of hydrogen-bond acceptors (Lipinski definition) is 5. The summed E-state index contributed by atoms with van der Waals surface area (Å²) < 4.78 is 5.44. The lowest BCUT2D eigenvalue weighted by atomic mass is 10.1. The maximum Gasteiger partial charge on any atom is 0.237 e. The predicted molar refractivity (Wildman–Crippen MR) is 90.7 cm³/mol. The molecule has 0 aromatic carbocycles. The van der Waals surface area contributed by atoms with E-state index in [4.69, 9.17) is 4.74 Å². The normalized spacial score (nSPS) is 23.7. The Morgan fingerprint density at radius 2 is 2.32 bits per heavy atom. The highest BCUT2D eigenvalue weighted by Crippen LogP contribution is 2.25. The molecule has 2 N–H and O–H groups in total. The molecule has 0 radical (unpaired) electrons. The molecule has 1 aromatic rings. The molecule has 2 fully saturated rings. The van der Waals surface area contributed by atoms with Crippen molar-refractivity contribution in [3.8, 4) is 0 Å². The third kappa shape index (κ3) is 4.43. The van der Waals surface area contributed by atoms with E-state index in [0.717, 1.165) is 45.7 Å². The van der Waals surface area contributed by atoms with Crippen molar-refractivity contribution >= 4 is 29.7 Å². The number of hydrogen-bond donors (Lipinski definition) is 2. The maximum absolute atomic E-state index is 12.2. The predicted octanol–water partition coefficient (Wildman–Crippen LogP) is 1.41. The monoisotopic (exact) mass is 345 g/mol. The molecule has 0 bridgehead atoms. The maximum atomic E-state index is 12.2. The Kier molecular flexibility index (Phi) is 7.11. The molecule has 0 spiro atoms. The lowest BCUT2D eigenvalue weighted by Crippen LogP contribution is -2.46. The van der Waals surface area contributed by atoms with Gasteiger partial charge >= 0.3 is 0 Å². The minimum Gasteiger partial charge on any atom is -0.379 e. The number of nitrogens with one attached hydrogen (secondary N) is 2. The summed E-state index contributed by atoms with van der Waals surface area (Å²) in [5, 5.41) is 8.48. The summed E-state index contributed by atoms with van der Waals surface area (Å²) in [4.78, 5) is 15.9. The molecule has 2 saturated heterocycles. The molecular weight excluding hydrogens is 322 g/mol. The van der Waals surface area contributed by atoms with E-state index >= 15 is 0 Å². The van der Waals surface area contributed by atoms with Gasteiger partial charge in [0.05, 0.1) is 25.3 Å². The van der Waals surface area contributed by atoms with Crippen LogP contribution in [0.5, 0.6) is 0 Å². The number of halogens is 1. The molecular formula is C15H24ClN3O2S. The number of morpholine rings is 1. The molecule has 3 rings (SSSR count). The van der Waals surface area contributed by atoms with Crippen LogP contribution in [-0.2, 0) is 9.53 Å². The van der Waals surface area contributed by atoms with E-state index in [1.807, 2.05) is 0 Å². The molecule has 0 aliphatic carbocycles. The standard InChI is InChI=1S/C15H23N3O2S.ClH/c19-15(12-3-1-5-16-12)17-11-13(14-4-2-10-21-14)18-6-8-20-9-7-18;/h2,4,10,12-13,16H,1,3,5-9,11H2,(H,17,19);1H. The van der Waals surface area contributed by atoms with Crippen molar-refractivity contribution in [2.24, 2.45) is 0 Å². The van der Waals surface area contributed by atoms with Crippen LogP contribution < -0.4 is 10.6 Å². The quantitative estimate of drug-likeness (QED) is 0.847. The zero-order valence-electron chi connectivity index (χ0n) is 12.6. The summed E-state index contributed by atoms with van der Waals surface area (Å²) in [7, 11) is 0. The van der Waals surface area contributed by atoms with Crippen LogP contribution >= 0.6 is 23.7 Å². The number of rotatable bonds is 5. The fraction of sp³-hybridized carbons (Fsp3) is 0.667. The molecule has 5 nitrogen and oxygen atoms in total. The first-order chi connectivity index (χ1) is 10.3. The number of thiophene rings is 1. The fourth-order valence-electron chi connectivity index (χ4n) is 3.01. The van der Waals surface area contributed by atoms with Gasteiger partial charge in [0, 0.05) is 24.5 Å². The molecule has 124 valence electrons. The van der Waals surface area contributed by atoms with E-state index in [0.29, 0.717) is 6.54 Å². The second-order valence-electron chi connectivity index (χ2n) is 5.57. The van der Waals surface area contributed by atoms with Gasteiger partial charge in [0.15, 0.2) is 0 Å².